The molecule has 30 heavy (non-hydrogen) atoms. The highest BCUT2D eigenvalue weighted by Gasteiger charge is 2.27. The van der Waals surface area contributed by atoms with E-state index in [1.807, 2.05) is 42.2 Å². The Hall–Kier alpha value is -3.88. The zero-order valence-electron chi connectivity index (χ0n) is 15.9. The summed E-state index contributed by atoms with van der Waals surface area (Å²) in [5.41, 5.74) is 1.59. The highest BCUT2D eigenvalue weighted by atomic mass is 19.1. The van der Waals surface area contributed by atoms with Crippen molar-refractivity contribution in [2.75, 3.05) is 10.2 Å². The van der Waals surface area contributed by atoms with Gasteiger partial charge in [0, 0.05) is 11.9 Å². The molecule has 0 saturated heterocycles. The SMILES string of the molecule is CC(Nc1nc(F)nc2nc[nH]c12)C1N=c2cccc(F)c2=CN1c1ccccc1. The van der Waals surface area contributed by atoms with Crippen molar-refractivity contribution >= 4 is 28.9 Å². The summed E-state index contributed by atoms with van der Waals surface area (Å²) in [5, 5.41) is 4.20. The van der Waals surface area contributed by atoms with E-state index in [2.05, 4.69) is 25.3 Å². The molecule has 2 unspecified atom stereocenters. The van der Waals surface area contributed by atoms with Crippen LogP contribution in [-0.4, -0.2) is 32.1 Å². The number of benzene rings is 2. The van der Waals surface area contributed by atoms with Crippen molar-refractivity contribution in [3.63, 3.8) is 0 Å². The Morgan fingerprint density at radius 3 is 2.73 bits per heavy atom. The van der Waals surface area contributed by atoms with Gasteiger partial charge in [-0.2, -0.15) is 14.4 Å². The number of aromatic amines is 1. The van der Waals surface area contributed by atoms with Crippen molar-refractivity contribution in [2.45, 2.75) is 19.1 Å². The van der Waals surface area contributed by atoms with Gasteiger partial charge in [-0.3, -0.25) is 4.99 Å². The number of fused-ring (bicyclic) bond motifs is 2. The molecule has 4 aromatic rings. The fourth-order valence-corrected chi connectivity index (χ4v) is 3.57. The topological polar surface area (TPSA) is 82.1 Å². The van der Waals surface area contributed by atoms with Gasteiger partial charge in [0.1, 0.15) is 17.5 Å². The van der Waals surface area contributed by atoms with Crippen LogP contribution in [0.4, 0.5) is 20.3 Å². The van der Waals surface area contributed by atoms with Gasteiger partial charge in [-0.25, -0.2) is 9.37 Å². The summed E-state index contributed by atoms with van der Waals surface area (Å²) in [6, 6.07) is 14.1. The van der Waals surface area contributed by atoms with Gasteiger partial charge in [-0.15, -0.1) is 0 Å². The number of nitrogens with zero attached hydrogens (tertiary/aromatic N) is 5. The number of halogens is 2. The molecule has 0 saturated carbocycles. The molecule has 0 spiro atoms. The number of nitrogens with one attached hydrogen (secondary N) is 2. The summed E-state index contributed by atoms with van der Waals surface area (Å²) >= 11 is 0. The fraction of sp³-hybridized carbons (Fsp3) is 0.143. The van der Waals surface area contributed by atoms with Gasteiger partial charge in [-0.1, -0.05) is 24.3 Å². The van der Waals surface area contributed by atoms with Gasteiger partial charge >= 0.3 is 6.08 Å². The molecule has 5 rings (SSSR count). The molecule has 0 bridgehead atoms. The van der Waals surface area contributed by atoms with Crippen molar-refractivity contribution in [1.82, 2.24) is 19.9 Å². The minimum atomic E-state index is -0.872. The first-order valence-electron chi connectivity index (χ1n) is 9.41. The van der Waals surface area contributed by atoms with E-state index in [4.69, 9.17) is 4.99 Å². The number of rotatable bonds is 4. The van der Waals surface area contributed by atoms with Crippen LogP contribution in [0, 0.1) is 11.9 Å². The maximum atomic E-state index is 14.4. The minimum absolute atomic E-state index is 0.233. The lowest BCUT2D eigenvalue weighted by atomic mass is 10.1. The molecule has 7 nitrogen and oxygen atoms in total. The maximum Gasteiger partial charge on any atom is 0.312 e. The van der Waals surface area contributed by atoms with Crippen molar-refractivity contribution in [3.8, 4) is 0 Å². The van der Waals surface area contributed by atoms with Crippen molar-refractivity contribution in [3.05, 3.63) is 77.3 Å². The summed E-state index contributed by atoms with van der Waals surface area (Å²) < 4.78 is 28.3. The molecule has 2 aromatic carbocycles. The van der Waals surface area contributed by atoms with Crippen LogP contribution in [-0.2, 0) is 0 Å². The predicted molar refractivity (Wildman–Crippen MR) is 109 cm³/mol. The van der Waals surface area contributed by atoms with Crippen LogP contribution in [0.15, 0.2) is 59.9 Å². The molecular formula is C21H17F2N7. The average Bonchev–Trinajstić information content (AvgIpc) is 3.22. The average molecular weight is 405 g/mol. The summed E-state index contributed by atoms with van der Waals surface area (Å²) in [5.74, 6) is -0.0518. The van der Waals surface area contributed by atoms with Gasteiger partial charge in [0.25, 0.3) is 0 Å². The molecule has 3 heterocycles. The second kappa shape index (κ2) is 7.18. The Labute approximate surface area is 169 Å². The van der Waals surface area contributed by atoms with Crippen molar-refractivity contribution in [2.24, 2.45) is 4.99 Å². The molecule has 0 aliphatic carbocycles. The lowest BCUT2D eigenvalue weighted by Crippen LogP contribution is -2.50. The van der Waals surface area contributed by atoms with Crippen LogP contribution in [0.3, 0.4) is 0 Å². The van der Waals surface area contributed by atoms with E-state index >= 15 is 0 Å². The number of anilines is 2. The molecule has 0 radical (unpaired) electrons. The number of H-pyrrole nitrogens is 1. The molecule has 150 valence electrons. The zero-order valence-corrected chi connectivity index (χ0v) is 15.9. The smallest absolute Gasteiger partial charge is 0.312 e. The van der Waals surface area contributed by atoms with E-state index in [1.54, 1.807) is 18.3 Å². The molecule has 1 aliphatic rings. The molecule has 2 atom stereocenters. The van der Waals surface area contributed by atoms with E-state index in [1.165, 1.54) is 12.4 Å². The minimum Gasteiger partial charge on any atom is -0.362 e. The third-order valence-electron chi connectivity index (χ3n) is 4.98. The predicted octanol–water partition coefficient (Wildman–Crippen LogP) is 2.34. The highest BCUT2D eigenvalue weighted by Crippen LogP contribution is 2.24. The lowest BCUT2D eigenvalue weighted by Gasteiger charge is -2.34. The summed E-state index contributed by atoms with van der Waals surface area (Å²) in [4.78, 5) is 21.1. The van der Waals surface area contributed by atoms with Crippen molar-refractivity contribution < 1.29 is 8.78 Å². The molecule has 2 aromatic heterocycles. The van der Waals surface area contributed by atoms with Gasteiger partial charge in [-0.05, 0) is 31.2 Å². The first-order chi connectivity index (χ1) is 14.6. The van der Waals surface area contributed by atoms with E-state index in [9.17, 15) is 8.78 Å². The van der Waals surface area contributed by atoms with Crippen LogP contribution in [0.25, 0.3) is 17.4 Å². The molecule has 1 aliphatic heterocycles. The van der Waals surface area contributed by atoms with E-state index in [0.29, 0.717) is 16.1 Å². The number of para-hydroxylation sites is 1. The van der Waals surface area contributed by atoms with Crippen LogP contribution in [0.5, 0.6) is 0 Å². The summed E-state index contributed by atoms with van der Waals surface area (Å²) in [6.07, 6.45) is 1.88. The highest BCUT2D eigenvalue weighted by molar-refractivity contribution is 5.82. The number of imidazole rings is 1. The Morgan fingerprint density at radius 1 is 1.07 bits per heavy atom. The molecule has 9 heteroatoms. The van der Waals surface area contributed by atoms with Crippen LogP contribution < -0.4 is 20.8 Å². The van der Waals surface area contributed by atoms with Crippen LogP contribution in [0.1, 0.15) is 6.92 Å². The molecule has 0 amide bonds. The Balaban J connectivity index is 1.59. The maximum absolute atomic E-state index is 14.4. The largest absolute Gasteiger partial charge is 0.362 e. The van der Waals surface area contributed by atoms with E-state index < -0.39 is 12.2 Å². The third-order valence-corrected chi connectivity index (χ3v) is 4.98. The Kier molecular flexibility index (Phi) is 4.35. The van der Waals surface area contributed by atoms with Crippen LogP contribution in [0.2, 0.25) is 0 Å². The first-order valence-corrected chi connectivity index (χ1v) is 9.41. The molecular weight excluding hydrogens is 388 g/mol. The normalized spacial score (nSPS) is 16.5. The summed E-state index contributed by atoms with van der Waals surface area (Å²) in [6.45, 7) is 1.91. The third kappa shape index (κ3) is 3.14. The van der Waals surface area contributed by atoms with Gasteiger partial charge in [0.05, 0.1) is 22.9 Å². The fourth-order valence-electron chi connectivity index (χ4n) is 3.57. The van der Waals surface area contributed by atoms with E-state index in [-0.39, 0.29) is 23.3 Å². The zero-order chi connectivity index (χ0) is 20.7. The number of hydrogen-bond donors (Lipinski definition) is 2. The first kappa shape index (κ1) is 18.2. The monoisotopic (exact) mass is 405 g/mol. The molecule has 0 fully saturated rings. The van der Waals surface area contributed by atoms with E-state index in [0.717, 1.165) is 5.69 Å². The Bertz CT molecular complexity index is 1340. The van der Waals surface area contributed by atoms with Gasteiger partial charge in [0.2, 0.25) is 0 Å². The quantitative estimate of drug-likeness (QED) is 0.510. The standard InChI is InChI=1S/C21H17F2N7/c1-12(26-19-17-18(25-11-24-17)28-21(23)29-19)20-27-16-9-5-8-15(22)14(16)10-30(20)13-6-3-2-4-7-13/h2-12,20H,1H3,(H2,24,25,26,28,29). The van der Waals surface area contributed by atoms with Crippen molar-refractivity contribution in [1.29, 1.82) is 0 Å². The van der Waals surface area contributed by atoms with Gasteiger partial charge in [0.15, 0.2) is 11.5 Å². The number of aromatic nitrogens is 4. The molecule has 2 N–H and O–H groups in total. The summed E-state index contributed by atoms with van der Waals surface area (Å²) in [7, 11) is 0. The second-order valence-electron chi connectivity index (χ2n) is 6.96. The number of hydrogen-bond acceptors (Lipinski definition) is 6. The Morgan fingerprint density at radius 2 is 1.90 bits per heavy atom. The van der Waals surface area contributed by atoms with Crippen LogP contribution >= 0.6 is 0 Å². The van der Waals surface area contributed by atoms with Gasteiger partial charge < -0.3 is 15.2 Å². The lowest BCUT2D eigenvalue weighted by molar-refractivity contribution is 0.539. The second-order valence-corrected chi connectivity index (χ2v) is 6.96.